The summed E-state index contributed by atoms with van der Waals surface area (Å²) in [6.07, 6.45) is 1.57. The van der Waals surface area contributed by atoms with Crippen LogP contribution in [0.5, 0.6) is 5.75 Å². The van der Waals surface area contributed by atoms with Crippen molar-refractivity contribution < 1.29 is 9.37 Å². The number of methoxy groups -OCH3 is 1. The summed E-state index contributed by atoms with van der Waals surface area (Å²) in [5.74, 6) is 0.757. The highest BCUT2D eigenvalue weighted by molar-refractivity contribution is 6.03. The zero-order valence-corrected chi connectivity index (χ0v) is 12.3. The van der Waals surface area contributed by atoms with Gasteiger partial charge in [-0.1, -0.05) is 30.3 Å². The van der Waals surface area contributed by atoms with Gasteiger partial charge in [-0.3, -0.25) is 0 Å². The first-order valence-electron chi connectivity index (χ1n) is 6.71. The number of ether oxygens (including phenoxy) is 1. The number of nitrogens with zero attached hydrogens (tertiary/aromatic N) is 4. The third kappa shape index (κ3) is 2.82. The van der Waals surface area contributed by atoms with Gasteiger partial charge in [-0.2, -0.15) is 5.10 Å². The van der Waals surface area contributed by atoms with Crippen molar-refractivity contribution in [1.29, 1.82) is 0 Å². The largest absolute Gasteiger partial charge is 0.496 e. The van der Waals surface area contributed by atoms with Crippen LogP contribution in [0, 0.1) is 0 Å². The third-order valence-corrected chi connectivity index (χ3v) is 3.26. The average Bonchev–Trinajstić information content (AvgIpc) is 3.01. The summed E-state index contributed by atoms with van der Waals surface area (Å²) in [6.45, 7) is 0. The molecule has 3 rings (SSSR count). The molecule has 4 N–H and O–H groups in total. The lowest BCUT2D eigenvalue weighted by atomic mass is 10.0. The number of nitrogens with two attached hydrogens (primary N) is 2. The summed E-state index contributed by atoms with van der Waals surface area (Å²) in [7, 11) is 1.60. The molecule has 0 fully saturated rings. The Balaban J connectivity index is 1.99. The molecule has 23 heavy (non-hydrogen) atoms. The van der Waals surface area contributed by atoms with E-state index in [4.69, 9.17) is 16.2 Å². The molecule has 0 saturated carbocycles. The number of aromatic nitrogens is 2. The maximum atomic E-state index is 5.75. The van der Waals surface area contributed by atoms with Gasteiger partial charge in [-0.15, -0.1) is 5.10 Å². The lowest BCUT2D eigenvalue weighted by Crippen LogP contribution is -2.15. The molecule has 1 heterocycles. The fourth-order valence-corrected chi connectivity index (χ4v) is 2.16. The molecule has 0 amide bonds. The van der Waals surface area contributed by atoms with E-state index in [1.807, 2.05) is 36.4 Å². The van der Waals surface area contributed by atoms with E-state index in [2.05, 4.69) is 25.1 Å². The molecule has 0 aliphatic rings. The first-order valence-corrected chi connectivity index (χ1v) is 6.71. The molecule has 0 saturated heterocycles. The van der Waals surface area contributed by atoms with Gasteiger partial charge >= 0.3 is 0 Å². The monoisotopic (exact) mass is 310 g/mol. The molecule has 0 aliphatic carbocycles. The van der Waals surface area contributed by atoms with Gasteiger partial charge in [0.15, 0.2) is 17.3 Å². The summed E-state index contributed by atoms with van der Waals surface area (Å²) >= 11 is 0. The summed E-state index contributed by atoms with van der Waals surface area (Å²) in [5.41, 5.74) is 12.3. The highest BCUT2D eigenvalue weighted by atomic mass is 16.6. The lowest BCUT2D eigenvalue weighted by Gasteiger charge is -2.07. The molecule has 3 aromatic rings. The van der Waals surface area contributed by atoms with E-state index in [0.29, 0.717) is 5.75 Å². The van der Waals surface area contributed by atoms with Crippen molar-refractivity contribution in [1.82, 2.24) is 10.3 Å². The predicted octanol–water partition coefficient (Wildman–Crippen LogP) is 1.55. The molecular formula is C15H14N6O2. The first-order chi connectivity index (χ1) is 11.2. The van der Waals surface area contributed by atoms with Gasteiger partial charge in [0, 0.05) is 5.56 Å². The summed E-state index contributed by atoms with van der Waals surface area (Å²) < 4.78 is 9.84. The maximum Gasteiger partial charge on any atom is 0.199 e. The second-order valence-corrected chi connectivity index (χ2v) is 4.63. The molecule has 0 unspecified atom stereocenters. The quantitative estimate of drug-likeness (QED) is 0.428. The standard InChI is InChI=1S/C15H14N6O2/c1-22-12-7-6-9-4-2-3-5-10(9)11(12)8-18-19-14(16)13-15(17)21-23-20-13/h2-8H,1H3,(H2,16,19)(H2,17,21)/b18-8-. The van der Waals surface area contributed by atoms with Crippen LogP contribution in [-0.4, -0.2) is 29.5 Å². The van der Waals surface area contributed by atoms with E-state index >= 15 is 0 Å². The van der Waals surface area contributed by atoms with Crippen LogP contribution < -0.4 is 16.2 Å². The normalized spacial score (nSPS) is 12.1. The second-order valence-electron chi connectivity index (χ2n) is 4.63. The summed E-state index contributed by atoms with van der Waals surface area (Å²) in [6, 6.07) is 11.7. The van der Waals surface area contributed by atoms with Crippen LogP contribution >= 0.6 is 0 Å². The van der Waals surface area contributed by atoms with Crippen molar-refractivity contribution in [3.8, 4) is 5.75 Å². The molecule has 0 radical (unpaired) electrons. The van der Waals surface area contributed by atoms with Gasteiger partial charge in [0.25, 0.3) is 0 Å². The smallest absolute Gasteiger partial charge is 0.199 e. The van der Waals surface area contributed by atoms with E-state index in [0.717, 1.165) is 16.3 Å². The lowest BCUT2D eigenvalue weighted by molar-refractivity contribution is 0.308. The first kappa shape index (κ1) is 14.5. The fourth-order valence-electron chi connectivity index (χ4n) is 2.16. The molecular weight excluding hydrogens is 296 g/mol. The Kier molecular flexibility index (Phi) is 3.88. The Morgan fingerprint density at radius 3 is 2.78 bits per heavy atom. The SMILES string of the molecule is COc1ccc2ccccc2c1/C=N\N=C(N)c1nonc1N. The van der Waals surface area contributed by atoms with Crippen molar-refractivity contribution in [2.45, 2.75) is 0 Å². The van der Waals surface area contributed by atoms with Crippen molar-refractivity contribution in [2.75, 3.05) is 12.8 Å². The van der Waals surface area contributed by atoms with Gasteiger partial charge in [0.1, 0.15) is 5.75 Å². The van der Waals surface area contributed by atoms with E-state index < -0.39 is 0 Å². The van der Waals surface area contributed by atoms with Crippen molar-refractivity contribution in [2.24, 2.45) is 15.9 Å². The second kappa shape index (κ2) is 6.14. The maximum absolute atomic E-state index is 5.75. The molecule has 8 nitrogen and oxygen atoms in total. The molecule has 2 aromatic carbocycles. The van der Waals surface area contributed by atoms with E-state index in [1.54, 1.807) is 13.3 Å². The Labute approximate surface area is 131 Å². The Morgan fingerprint density at radius 2 is 2.04 bits per heavy atom. The van der Waals surface area contributed by atoms with Crippen molar-refractivity contribution >= 4 is 28.6 Å². The van der Waals surface area contributed by atoms with Crippen LogP contribution in [0.4, 0.5) is 5.82 Å². The van der Waals surface area contributed by atoms with Crippen molar-refractivity contribution in [3.63, 3.8) is 0 Å². The third-order valence-electron chi connectivity index (χ3n) is 3.26. The van der Waals surface area contributed by atoms with E-state index in [1.165, 1.54) is 0 Å². The Bertz CT molecular complexity index is 900. The Morgan fingerprint density at radius 1 is 1.22 bits per heavy atom. The number of hydrogen-bond donors (Lipinski definition) is 2. The van der Waals surface area contributed by atoms with Crippen LogP contribution in [0.15, 0.2) is 51.2 Å². The number of amidine groups is 1. The number of anilines is 1. The van der Waals surface area contributed by atoms with Gasteiger partial charge in [0.05, 0.1) is 13.3 Å². The van der Waals surface area contributed by atoms with Crippen LogP contribution in [0.1, 0.15) is 11.3 Å². The van der Waals surface area contributed by atoms with Crippen LogP contribution in [0.2, 0.25) is 0 Å². The highest BCUT2D eigenvalue weighted by Gasteiger charge is 2.10. The average molecular weight is 310 g/mol. The number of rotatable bonds is 4. The van der Waals surface area contributed by atoms with Crippen LogP contribution in [-0.2, 0) is 0 Å². The molecule has 0 spiro atoms. The fraction of sp³-hybridized carbons (Fsp3) is 0.0667. The van der Waals surface area contributed by atoms with Crippen LogP contribution in [0.3, 0.4) is 0 Å². The minimum Gasteiger partial charge on any atom is -0.496 e. The number of nitrogen functional groups attached to an aromatic ring is 1. The Hall–Kier alpha value is -3.42. The zero-order valence-electron chi connectivity index (χ0n) is 12.3. The van der Waals surface area contributed by atoms with Gasteiger partial charge in [-0.05, 0) is 27.2 Å². The minimum absolute atomic E-state index is 0.0132. The van der Waals surface area contributed by atoms with Gasteiger partial charge < -0.3 is 16.2 Å². The van der Waals surface area contributed by atoms with Crippen molar-refractivity contribution in [3.05, 3.63) is 47.7 Å². The highest BCUT2D eigenvalue weighted by Crippen LogP contribution is 2.26. The van der Waals surface area contributed by atoms with E-state index in [-0.39, 0.29) is 17.3 Å². The molecule has 8 heteroatoms. The number of fused-ring (bicyclic) bond motifs is 1. The predicted molar refractivity (Wildman–Crippen MR) is 87.5 cm³/mol. The van der Waals surface area contributed by atoms with Crippen LogP contribution in [0.25, 0.3) is 10.8 Å². The van der Waals surface area contributed by atoms with Gasteiger partial charge in [-0.25, -0.2) is 4.63 Å². The molecule has 1 aromatic heterocycles. The topological polar surface area (TPSA) is 125 Å². The summed E-state index contributed by atoms with van der Waals surface area (Å²) in [5, 5.41) is 16.9. The van der Waals surface area contributed by atoms with E-state index in [9.17, 15) is 0 Å². The molecule has 116 valence electrons. The minimum atomic E-state index is 0.0132. The number of hydrogen-bond acceptors (Lipinski definition) is 7. The summed E-state index contributed by atoms with van der Waals surface area (Å²) in [4.78, 5) is 0. The molecule has 0 atom stereocenters. The van der Waals surface area contributed by atoms with Gasteiger partial charge in [0.2, 0.25) is 0 Å². The molecule has 0 aliphatic heterocycles. The number of benzene rings is 2. The molecule has 0 bridgehead atoms. The zero-order chi connectivity index (χ0) is 16.2.